The van der Waals surface area contributed by atoms with Gasteiger partial charge in [-0.1, -0.05) is 49.7 Å². The first-order valence-corrected chi connectivity index (χ1v) is 7.28. The molecule has 0 heterocycles. The third kappa shape index (κ3) is 4.47. The zero-order valence-corrected chi connectivity index (χ0v) is 12.7. The van der Waals surface area contributed by atoms with Gasteiger partial charge in [0.15, 0.2) is 0 Å². The van der Waals surface area contributed by atoms with Crippen LogP contribution in [-0.4, -0.2) is 16.5 Å². The van der Waals surface area contributed by atoms with Gasteiger partial charge in [-0.3, -0.25) is 14.9 Å². The molecule has 2 aromatic carbocycles. The number of hydrogen-bond acceptors (Lipinski definition) is 4. The van der Waals surface area contributed by atoms with Crippen LogP contribution in [0.2, 0.25) is 0 Å². The van der Waals surface area contributed by atoms with Crippen LogP contribution in [0.4, 0.5) is 5.69 Å². The minimum absolute atomic E-state index is 0.126. The molecule has 0 radical (unpaired) electrons. The molecule has 0 fully saturated rings. The van der Waals surface area contributed by atoms with Gasteiger partial charge in [-0.25, -0.2) is 5.43 Å². The first-order chi connectivity index (χ1) is 11.1. The van der Waals surface area contributed by atoms with Gasteiger partial charge in [0.1, 0.15) is 0 Å². The molecule has 1 amide bonds. The van der Waals surface area contributed by atoms with Gasteiger partial charge in [-0.2, -0.15) is 5.10 Å². The summed E-state index contributed by atoms with van der Waals surface area (Å²) in [7, 11) is 0. The molecule has 0 unspecified atom stereocenters. The highest BCUT2D eigenvalue weighted by Crippen LogP contribution is 2.13. The number of benzene rings is 2. The Morgan fingerprint density at radius 2 is 1.83 bits per heavy atom. The summed E-state index contributed by atoms with van der Waals surface area (Å²) >= 11 is 0. The maximum atomic E-state index is 12.1. The first kappa shape index (κ1) is 16.4. The van der Waals surface area contributed by atoms with Crippen molar-refractivity contribution in [2.75, 3.05) is 0 Å². The predicted octanol–water partition coefficient (Wildman–Crippen LogP) is 3.53. The maximum Gasteiger partial charge on any atom is 0.271 e. The van der Waals surface area contributed by atoms with E-state index >= 15 is 0 Å². The highest BCUT2D eigenvalue weighted by atomic mass is 16.6. The number of carbonyl (C=O) groups excluding carboxylic acids is 1. The third-order valence-electron chi connectivity index (χ3n) is 3.21. The Balaban J connectivity index is 2.17. The van der Waals surface area contributed by atoms with E-state index in [1.807, 2.05) is 37.3 Å². The van der Waals surface area contributed by atoms with Gasteiger partial charge in [0.2, 0.25) is 0 Å². The van der Waals surface area contributed by atoms with E-state index in [-0.39, 0.29) is 11.3 Å². The minimum Gasteiger partial charge on any atom is -0.267 e. The van der Waals surface area contributed by atoms with E-state index < -0.39 is 10.8 Å². The van der Waals surface area contributed by atoms with Crippen LogP contribution in [0, 0.1) is 10.1 Å². The number of nitro benzene ring substituents is 1. The van der Waals surface area contributed by atoms with E-state index in [1.165, 1.54) is 24.3 Å². The van der Waals surface area contributed by atoms with E-state index in [9.17, 15) is 14.9 Å². The zero-order valence-electron chi connectivity index (χ0n) is 12.7. The topological polar surface area (TPSA) is 84.6 Å². The Hall–Kier alpha value is -3.02. The lowest BCUT2D eigenvalue weighted by Crippen LogP contribution is -2.20. The molecule has 0 aromatic heterocycles. The molecule has 0 aliphatic carbocycles. The van der Waals surface area contributed by atoms with Crippen LogP contribution in [0.1, 0.15) is 35.7 Å². The van der Waals surface area contributed by atoms with Crippen molar-refractivity contribution >= 4 is 17.3 Å². The van der Waals surface area contributed by atoms with Crippen LogP contribution >= 0.6 is 0 Å². The molecule has 6 heteroatoms. The molecule has 1 N–H and O–H groups in total. The highest BCUT2D eigenvalue weighted by Gasteiger charge is 2.11. The number of nitro groups is 1. The van der Waals surface area contributed by atoms with Crippen LogP contribution in [-0.2, 0) is 0 Å². The summed E-state index contributed by atoms with van der Waals surface area (Å²) in [5, 5.41) is 14.9. The maximum absolute atomic E-state index is 12.1. The largest absolute Gasteiger partial charge is 0.271 e. The van der Waals surface area contributed by atoms with Crippen molar-refractivity contribution in [3.63, 3.8) is 0 Å². The lowest BCUT2D eigenvalue weighted by atomic mass is 10.1. The van der Waals surface area contributed by atoms with Gasteiger partial charge in [0, 0.05) is 17.7 Å². The van der Waals surface area contributed by atoms with Gasteiger partial charge in [-0.15, -0.1) is 0 Å². The molecule has 0 saturated carbocycles. The molecule has 2 rings (SSSR count). The second kappa shape index (κ2) is 7.84. The minimum atomic E-state index is -0.535. The van der Waals surface area contributed by atoms with Crippen LogP contribution in [0.25, 0.3) is 0 Å². The fourth-order valence-corrected chi connectivity index (χ4v) is 2.08. The van der Waals surface area contributed by atoms with Crippen molar-refractivity contribution in [1.29, 1.82) is 0 Å². The number of nitrogens with zero attached hydrogens (tertiary/aromatic N) is 2. The molecule has 23 heavy (non-hydrogen) atoms. The molecule has 0 saturated heterocycles. The summed E-state index contributed by atoms with van der Waals surface area (Å²) in [6.45, 7) is 2.03. The number of carbonyl (C=O) groups is 1. The number of nitrogens with one attached hydrogen (secondary N) is 1. The van der Waals surface area contributed by atoms with E-state index in [4.69, 9.17) is 0 Å². The monoisotopic (exact) mass is 311 g/mol. The van der Waals surface area contributed by atoms with Gasteiger partial charge >= 0.3 is 0 Å². The summed E-state index contributed by atoms with van der Waals surface area (Å²) in [6.07, 6.45) is 1.61. The second-order valence-corrected chi connectivity index (χ2v) is 4.92. The van der Waals surface area contributed by atoms with E-state index in [0.717, 1.165) is 24.1 Å². The normalized spacial score (nSPS) is 11.1. The molecular weight excluding hydrogens is 294 g/mol. The molecule has 118 valence electrons. The van der Waals surface area contributed by atoms with Gasteiger partial charge in [0.25, 0.3) is 11.6 Å². The summed E-state index contributed by atoms with van der Waals surface area (Å²) in [6, 6.07) is 15.1. The Bertz CT molecular complexity index is 727. The average molecular weight is 311 g/mol. The Morgan fingerprint density at radius 1 is 1.13 bits per heavy atom. The quantitative estimate of drug-likeness (QED) is 0.503. The summed E-state index contributed by atoms with van der Waals surface area (Å²) in [5.74, 6) is -0.474. The summed E-state index contributed by atoms with van der Waals surface area (Å²) in [5.41, 5.74) is 4.26. The summed E-state index contributed by atoms with van der Waals surface area (Å²) in [4.78, 5) is 22.3. The lowest BCUT2D eigenvalue weighted by molar-refractivity contribution is -0.384. The van der Waals surface area contributed by atoms with Crippen molar-refractivity contribution in [1.82, 2.24) is 5.43 Å². The van der Waals surface area contributed by atoms with Crippen molar-refractivity contribution in [2.45, 2.75) is 19.8 Å². The highest BCUT2D eigenvalue weighted by molar-refractivity contribution is 6.02. The molecule has 0 aliphatic heterocycles. The first-order valence-electron chi connectivity index (χ1n) is 7.28. The molecular formula is C17H17N3O3. The standard InChI is InChI=1S/C17H17N3O3/c1-2-7-16(13-8-4-3-5-9-13)18-19-17(21)14-10-6-11-15(12-14)20(22)23/h3-6,8-12H,2,7H2,1H3,(H,19,21). The van der Waals surface area contributed by atoms with Gasteiger partial charge < -0.3 is 0 Å². The van der Waals surface area contributed by atoms with E-state index in [2.05, 4.69) is 10.5 Å². The number of hydrazone groups is 1. The van der Waals surface area contributed by atoms with Gasteiger partial charge in [-0.05, 0) is 18.1 Å². The van der Waals surface area contributed by atoms with E-state index in [1.54, 1.807) is 0 Å². The van der Waals surface area contributed by atoms with E-state index in [0.29, 0.717) is 0 Å². The average Bonchev–Trinajstić information content (AvgIpc) is 2.59. The van der Waals surface area contributed by atoms with Crippen molar-refractivity contribution < 1.29 is 9.72 Å². The summed E-state index contributed by atoms with van der Waals surface area (Å²) < 4.78 is 0. The Morgan fingerprint density at radius 3 is 2.48 bits per heavy atom. The Kier molecular flexibility index (Phi) is 5.57. The fraction of sp³-hybridized carbons (Fsp3) is 0.176. The van der Waals surface area contributed by atoms with Crippen LogP contribution < -0.4 is 5.43 Å². The van der Waals surface area contributed by atoms with Crippen molar-refractivity contribution in [3.8, 4) is 0 Å². The number of non-ortho nitro benzene ring substituents is 1. The van der Waals surface area contributed by atoms with Crippen molar-refractivity contribution in [2.24, 2.45) is 5.10 Å². The van der Waals surface area contributed by atoms with Crippen molar-refractivity contribution in [3.05, 3.63) is 75.8 Å². The van der Waals surface area contributed by atoms with Gasteiger partial charge in [0.05, 0.1) is 10.6 Å². The van der Waals surface area contributed by atoms with Crippen LogP contribution in [0.15, 0.2) is 59.7 Å². The predicted molar refractivity (Wildman–Crippen MR) is 88.4 cm³/mol. The number of rotatable bonds is 6. The molecule has 6 nitrogen and oxygen atoms in total. The molecule has 0 bridgehead atoms. The smallest absolute Gasteiger partial charge is 0.267 e. The zero-order chi connectivity index (χ0) is 16.7. The lowest BCUT2D eigenvalue weighted by Gasteiger charge is -2.06. The van der Waals surface area contributed by atoms with Crippen LogP contribution in [0.5, 0.6) is 0 Å². The SMILES string of the molecule is CCCC(=NNC(=O)c1cccc([N+](=O)[O-])c1)c1ccccc1. The molecule has 0 aliphatic rings. The Labute approximate surface area is 134 Å². The number of amides is 1. The fourth-order valence-electron chi connectivity index (χ4n) is 2.08. The third-order valence-corrected chi connectivity index (χ3v) is 3.21. The number of hydrogen-bond donors (Lipinski definition) is 1. The molecule has 0 atom stereocenters. The van der Waals surface area contributed by atoms with Crippen LogP contribution in [0.3, 0.4) is 0 Å². The second-order valence-electron chi connectivity index (χ2n) is 4.92. The molecule has 0 spiro atoms. The molecule has 2 aromatic rings.